The van der Waals surface area contributed by atoms with E-state index in [-0.39, 0.29) is 0 Å². The van der Waals surface area contributed by atoms with Gasteiger partial charge in [0.2, 0.25) is 0 Å². The van der Waals surface area contributed by atoms with Crippen LogP contribution in [0.4, 0.5) is 0 Å². The Hall–Kier alpha value is -3.38. The number of nitriles is 1. The van der Waals surface area contributed by atoms with Crippen LogP contribution in [0.15, 0.2) is 89.9 Å². The van der Waals surface area contributed by atoms with E-state index >= 15 is 0 Å². The van der Waals surface area contributed by atoms with Crippen molar-refractivity contribution >= 4 is 5.71 Å². The molecule has 0 radical (unpaired) electrons. The first-order valence-corrected chi connectivity index (χ1v) is 8.52. The molecule has 0 spiro atoms. The summed E-state index contributed by atoms with van der Waals surface area (Å²) in [5, 5.41) is 9.70. The van der Waals surface area contributed by atoms with E-state index < -0.39 is 6.04 Å². The number of nitrogens with zero attached hydrogens (tertiary/aromatic N) is 2. The molecule has 0 aliphatic rings. The molecule has 128 valence electrons. The van der Waals surface area contributed by atoms with Crippen molar-refractivity contribution in [1.29, 1.82) is 5.26 Å². The highest BCUT2D eigenvalue weighted by atomic mass is 16.5. The monoisotopic (exact) mass is 340 g/mol. The van der Waals surface area contributed by atoms with E-state index in [9.17, 15) is 5.26 Å². The number of hydrogen-bond acceptors (Lipinski definition) is 3. The first-order valence-electron chi connectivity index (χ1n) is 8.52. The number of methoxy groups -OCH3 is 1. The van der Waals surface area contributed by atoms with Gasteiger partial charge in [-0.05, 0) is 11.6 Å². The lowest BCUT2D eigenvalue weighted by molar-refractivity contribution is 0.409. The van der Waals surface area contributed by atoms with Gasteiger partial charge in [-0.3, -0.25) is 4.99 Å². The summed E-state index contributed by atoms with van der Waals surface area (Å²) in [6.07, 6.45) is 0.504. The van der Waals surface area contributed by atoms with Gasteiger partial charge in [-0.1, -0.05) is 78.9 Å². The van der Waals surface area contributed by atoms with Gasteiger partial charge in [0.05, 0.1) is 18.9 Å². The van der Waals surface area contributed by atoms with E-state index in [4.69, 9.17) is 9.73 Å². The Balaban J connectivity index is 1.99. The van der Waals surface area contributed by atoms with Gasteiger partial charge < -0.3 is 4.74 Å². The van der Waals surface area contributed by atoms with Crippen LogP contribution in [0.25, 0.3) is 0 Å². The average molecular weight is 340 g/mol. The first kappa shape index (κ1) is 17.4. The van der Waals surface area contributed by atoms with Crippen molar-refractivity contribution < 1.29 is 4.74 Å². The third-order valence-corrected chi connectivity index (χ3v) is 4.13. The summed E-state index contributed by atoms with van der Waals surface area (Å²) in [7, 11) is 1.64. The molecule has 3 nitrogen and oxygen atoms in total. The molecular weight excluding hydrogens is 320 g/mol. The summed E-state index contributed by atoms with van der Waals surface area (Å²) in [4.78, 5) is 4.81. The van der Waals surface area contributed by atoms with Gasteiger partial charge in [0.15, 0.2) is 0 Å². The molecular formula is C23H20N2O. The van der Waals surface area contributed by atoms with Crippen LogP contribution >= 0.6 is 0 Å². The second-order valence-electron chi connectivity index (χ2n) is 5.87. The van der Waals surface area contributed by atoms with Gasteiger partial charge in [-0.15, -0.1) is 0 Å². The summed E-state index contributed by atoms with van der Waals surface area (Å²) in [6, 6.07) is 29.5. The third-order valence-electron chi connectivity index (χ3n) is 4.13. The van der Waals surface area contributed by atoms with Gasteiger partial charge in [-0.25, -0.2) is 0 Å². The molecule has 0 saturated carbocycles. The van der Waals surface area contributed by atoms with Gasteiger partial charge in [0, 0.05) is 17.5 Å². The van der Waals surface area contributed by atoms with Crippen molar-refractivity contribution in [2.45, 2.75) is 12.5 Å². The van der Waals surface area contributed by atoms with E-state index in [2.05, 4.69) is 6.07 Å². The smallest absolute Gasteiger partial charge is 0.141 e. The van der Waals surface area contributed by atoms with Crippen molar-refractivity contribution in [1.82, 2.24) is 0 Å². The largest absolute Gasteiger partial charge is 0.496 e. The van der Waals surface area contributed by atoms with E-state index in [1.54, 1.807) is 7.11 Å². The number of para-hydroxylation sites is 1. The maximum absolute atomic E-state index is 9.70. The van der Waals surface area contributed by atoms with Crippen LogP contribution in [0.2, 0.25) is 0 Å². The molecule has 0 aromatic heterocycles. The summed E-state index contributed by atoms with van der Waals surface area (Å²) in [5.74, 6) is 0.781. The molecule has 0 aliphatic heterocycles. The van der Waals surface area contributed by atoms with Crippen LogP contribution in [0.1, 0.15) is 16.7 Å². The van der Waals surface area contributed by atoms with E-state index in [1.807, 2.05) is 84.9 Å². The molecule has 1 atom stereocenters. The Morgan fingerprint density at radius 1 is 0.885 bits per heavy atom. The fourth-order valence-electron chi connectivity index (χ4n) is 2.86. The zero-order valence-electron chi connectivity index (χ0n) is 14.7. The normalized spacial score (nSPS) is 11.2. The van der Waals surface area contributed by atoms with Crippen molar-refractivity contribution in [2.24, 2.45) is 4.99 Å². The maximum atomic E-state index is 9.70. The fourth-order valence-corrected chi connectivity index (χ4v) is 2.86. The molecule has 0 bridgehead atoms. The minimum atomic E-state index is -0.498. The topological polar surface area (TPSA) is 45.4 Å². The van der Waals surface area contributed by atoms with Crippen LogP contribution < -0.4 is 4.74 Å². The van der Waals surface area contributed by atoms with Gasteiger partial charge in [-0.2, -0.15) is 5.26 Å². The molecule has 0 aliphatic carbocycles. The van der Waals surface area contributed by atoms with Crippen molar-refractivity contribution in [2.75, 3.05) is 7.11 Å². The van der Waals surface area contributed by atoms with E-state index in [0.717, 1.165) is 28.2 Å². The standard InChI is InChI=1S/C23H20N2O/c1-26-22-15-9-8-14-20(22)16-21(17-24)25-23(18-10-4-2-5-11-18)19-12-6-3-7-13-19/h2-15,21H,16H2,1H3. The summed E-state index contributed by atoms with van der Waals surface area (Å²) >= 11 is 0. The Labute approximate surface area is 154 Å². The Kier molecular flexibility index (Phi) is 5.80. The van der Waals surface area contributed by atoms with E-state index in [1.165, 1.54) is 0 Å². The minimum absolute atomic E-state index is 0.498. The molecule has 26 heavy (non-hydrogen) atoms. The third kappa shape index (κ3) is 4.17. The number of ether oxygens (including phenoxy) is 1. The Bertz CT molecular complexity index is 870. The number of aliphatic imine (C=N–C) groups is 1. The number of hydrogen-bond donors (Lipinski definition) is 0. The molecule has 3 heteroatoms. The van der Waals surface area contributed by atoms with E-state index in [0.29, 0.717) is 6.42 Å². The highest BCUT2D eigenvalue weighted by Crippen LogP contribution is 2.21. The molecule has 3 aromatic carbocycles. The molecule has 0 N–H and O–H groups in total. The predicted octanol–water partition coefficient (Wildman–Crippen LogP) is 4.67. The lowest BCUT2D eigenvalue weighted by Gasteiger charge is -2.13. The molecule has 3 rings (SSSR count). The molecule has 0 saturated heterocycles. The zero-order valence-corrected chi connectivity index (χ0v) is 14.7. The molecule has 0 fully saturated rings. The SMILES string of the molecule is COc1ccccc1CC(C#N)N=C(c1ccccc1)c1ccccc1. The van der Waals surface area contributed by atoms with Crippen LogP contribution in [0.5, 0.6) is 5.75 Å². The number of benzene rings is 3. The minimum Gasteiger partial charge on any atom is -0.496 e. The molecule has 0 heterocycles. The lowest BCUT2D eigenvalue weighted by Crippen LogP contribution is -2.13. The second kappa shape index (κ2) is 8.64. The summed E-state index contributed by atoms with van der Waals surface area (Å²) in [6.45, 7) is 0. The fraction of sp³-hybridized carbons (Fsp3) is 0.130. The summed E-state index contributed by atoms with van der Waals surface area (Å²) in [5.41, 5.74) is 3.80. The van der Waals surface area contributed by atoms with Crippen LogP contribution in [0, 0.1) is 11.3 Å². The Morgan fingerprint density at radius 2 is 1.42 bits per heavy atom. The summed E-state index contributed by atoms with van der Waals surface area (Å²) < 4.78 is 5.41. The van der Waals surface area contributed by atoms with Gasteiger partial charge in [0.25, 0.3) is 0 Å². The number of rotatable bonds is 6. The van der Waals surface area contributed by atoms with Crippen LogP contribution in [0.3, 0.4) is 0 Å². The quantitative estimate of drug-likeness (QED) is 0.612. The first-order chi connectivity index (χ1) is 12.8. The maximum Gasteiger partial charge on any atom is 0.141 e. The van der Waals surface area contributed by atoms with Gasteiger partial charge in [0.1, 0.15) is 11.8 Å². The van der Waals surface area contributed by atoms with Crippen LogP contribution in [-0.4, -0.2) is 18.9 Å². The molecule has 1 unspecified atom stereocenters. The van der Waals surface area contributed by atoms with Crippen LogP contribution in [-0.2, 0) is 6.42 Å². The van der Waals surface area contributed by atoms with Crippen molar-refractivity contribution in [3.8, 4) is 11.8 Å². The highest BCUT2D eigenvalue weighted by molar-refractivity contribution is 6.13. The lowest BCUT2D eigenvalue weighted by atomic mass is 10.0. The predicted molar refractivity (Wildman–Crippen MR) is 105 cm³/mol. The second-order valence-corrected chi connectivity index (χ2v) is 5.87. The molecule has 3 aromatic rings. The van der Waals surface area contributed by atoms with Crippen molar-refractivity contribution in [3.05, 3.63) is 102 Å². The van der Waals surface area contributed by atoms with Gasteiger partial charge >= 0.3 is 0 Å². The Morgan fingerprint density at radius 3 is 1.96 bits per heavy atom. The highest BCUT2D eigenvalue weighted by Gasteiger charge is 2.14. The molecule has 0 amide bonds. The average Bonchev–Trinajstić information content (AvgIpc) is 2.72. The zero-order chi connectivity index (χ0) is 18.2. The van der Waals surface area contributed by atoms with Crippen molar-refractivity contribution in [3.63, 3.8) is 0 Å².